The topological polar surface area (TPSA) is 34.1 Å². The second-order valence-corrected chi connectivity index (χ2v) is 10.3. The standard InChI is InChI=1S/C33H36O2.C3H8.2C2H6/c1-7-9-10-32(34)29-15-12-26(13-16-29)11-14-28(8-2)30-20-27(18-25(30)6)21-33(35)31-19-23(4)22(3)17-24(31)5;1-3-2;2*1-2/h7,12-13,15-17,19-20H,1-2,9-11,14,18,21H2,3-6H3;3H2,1-2H3;2*1-2H3. The van der Waals surface area contributed by atoms with Crippen molar-refractivity contribution in [2.45, 2.75) is 114 Å². The van der Waals surface area contributed by atoms with E-state index in [1.54, 1.807) is 6.08 Å². The molecule has 3 rings (SSSR count). The van der Waals surface area contributed by atoms with Crippen molar-refractivity contribution < 1.29 is 9.59 Å². The lowest BCUT2D eigenvalue weighted by atomic mass is 9.94. The number of aryl methyl sites for hydroxylation is 4. The first-order valence-electron chi connectivity index (χ1n) is 15.8. The van der Waals surface area contributed by atoms with Crippen LogP contribution in [0.5, 0.6) is 0 Å². The second-order valence-electron chi connectivity index (χ2n) is 10.3. The molecule has 1 aliphatic carbocycles. The third kappa shape index (κ3) is 12.2. The summed E-state index contributed by atoms with van der Waals surface area (Å²) in [6.45, 7) is 28.1. The van der Waals surface area contributed by atoms with Crippen molar-refractivity contribution in [3.8, 4) is 0 Å². The summed E-state index contributed by atoms with van der Waals surface area (Å²) in [6, 6.07) is 12.0. The molecular formula is C40H56O2. The molecule has 42 heavy (non-hydrogen) atoms. The fraction of sp³-hybridized carbons (Fsp3) is 0.425. The van der Waals surface area contributed by atoms with Gasteiger partial charge in [-0.15, -0.1) is 12.3 Å². The number of ketones is 2. The number of carbonyl (C=O) groups excluding carboxylic acids is 2. The minimum absolute atomic E-state index is 0.151. The molecule has 0 unspecified atom stereocenters. The van der Waals surface area contributed by atoms with Crippen LogP contribution in [0.25, 0.3) is 0 Å². The van der Waals surface area contributed by atoms with Gasteiger partial charge in [0, 0.05) is 29.5 Å². The SMILES string of the molecule is C=C=C(CCc1ccc(C(=O)CCC=C)cc1)C1=C(C)CC(CC(=O)c2cc(C)c(C)cc2C)=C1.CC.CC.CCC. The molecule has 2 aromatic rings. The van der Waals surface area contributed by atoms with E-state index in [0.29, 0.717) is 19.3 Å². The molecule has 0 aliphatic heterocycles. The van der Waals surface area contributed by atoms with E-state index in [9.17, 15) is 9.59 Å². The number of carbonyl (C=O) groups is 2. The highest BCUT2D eigenvalue weighted by Gasteiger charge is 2.20. The van der Waals surface area contributed by atoms with Crippen LogP contribution < -0.4 is 0 Å². The van der Waals surface area contributed by atoms with Crippen molar-refractivity contribution in [2.75, 3.05) is 0 Å². The fourth-order valence-corrected chi connectivity index (χ4v) is 4.66. The van der Waals surface area contributed by atoms with Crippen molar-refractivity contribution in [2.24, 2.45) is 0 Å². The Bertz CT molecular complexity index is 1280. The van der Waals surface area contributed by atoms with Crippen LogP contribution in [0.4, 0.5) is 0 Å². The Morgan fingerprint density at radius 3 is 1.98 bits per heavy atom. The van der Waals surface area contributed by atoms with Crippen LogP contribution in [-0.4, -0.2) is 11.6 Å². The van der Waals surface area contributed by atoms with Crippen LogP contribution in [-0.2, 0) is 6.42 Å². The molecule has 0 fully saturated rings. The maximum absolute atomic E-state index is 13.1. The third-order valence-electron chi connectivity index (χ3n) is 6.88. The quantitative estimate of drug-likeness (QED) is 0.153. The Morgan fingerprint density at radius 1 is 0.857 bits per heavy atom. The zero-order valence-corrected chi connectivity index (χ0v) is 28.3. The molecule has 2 aromatic carbocycles. The van der Waals surface area contributed by atoms with E-state index < -0.39 is 0 Å². The number of rotatable bonds is 11. The Balaban J connectivity index is 0.00000221. The van der Waals surface area contributed by atoms with Crippen LogP contribution in [0.3, 0.4) is 0 Å². The summed E-state index contributed by atoms with van der Waals surface area (Å²) >= 11 is 0. The van der Waals surface area contributed by atoms with Gasteiger partial charge in [0.05, 0.1) is 0 Å². The van der Waals surface area contributed by atoms with E-state index in [-0.39, 0.29) is 11.6 Å². The van der Waals surface area contributed by atoms with E-state index in [1.807, 2.05) is 65.0 Å². The molecular weight excluding hydrogens is 512 g/mol. The fourth-order valence-electron chi connectivity index (χ4n) is 4.66. The summed E-state index contributed by atoms with van der Waals surface area (Å²) in [6.07, 6.45) is 9.31. The smallest absolute Gasteiger partial charge is 0.167 e. The minimum Gasteiger partial charge on any atom is -0.294 e. The zero-order chi connectivity index (χ0) is 32.2. The lowest BCUT2D eigenvalue weighted by molar-refractivity contribution is 0.0978. The first kappa shape index (κ1) is 38.5. The highest BCUT2D eigenvalue weighted by molar-refractivity contribution is 5.99. The minimum atomic E-state index is 0.151. The Morgan fingerprint density at radius 2 is 1.43 bits per heavy atom. The van der Waals surface area contributed by atoms with Gasteiger partial charge in [-0.25, -0.2) is 0 Å². The predicted molar refractivity (Wildman–Crippen MR) is 185 cm³/mol. The third-order valence-corrected chi connectivity index (χ3v) is 6.88. The molecule has 0 spiro atoms. The summed E-state index contributed by atoms with van der Waals surface area (Å²) in [5.41, 5.74) is 14.0. The molecule has 228 valence electrons. The summed E-state index contributed by atoms with van der Waals surface area (Å²) in [4.78, 5) is 25.2. The van der Waals surface area contributed by atoms with E-state index in [1.165, 1.54) is 23.1 Å². The van der Waals surface area contributed by atoms with Gasteiger partial charge in [-0.2, -0.15) is 0 Å². The number of hydrogen-bond donors (Lipinski definition) is 0. The average molecular weight is 569 g/mol. The normalized spacial score (nSPS) is 11.4. The largest absolute Gasteiger partial charge is 0.294 e. The molecule has 2 heteroatoms. The van der Waals surface area contributed by atoms with Crippen LogP contribution in [0.1, 0.15) is 130 Å². The van der Waals surface area contributed by atoms with Crippen LogP contribution >= 0.6 is 0 Å². The maximum Gasteiger partial charge on any atom is 0.167 e. The Labute approximate surface area is 258 Å². The summed E-state index contributed by atoms with van der Waals surface area (Å²) in [7, 11) is 0. The summed E-state index contributed by atoms with van der Waals surface area (Å²) < 4.78 is 0. The molecule has 0 bridgehead atoms. The summed E-state index contributed by atoms with van der Waals surface area (Å²) in [5, 5.41) is 0. The lowest BCUT2D eigenvalue weighted by Crippen LogP contribution is -2.04. The van der Waals surface area contributed by atoms with Gasteiger partial charge >= 0.3 is 0 Å². The highest BCUT2D eigenvalue weighted by Crippen LogP contribution is 2.34. The van der Waals surface area contributed by atoms with Gasteiger partial charge in [0.1, 0.15) is 0 Å². The predicted octanol–water partition coefficient (Wildman–Crippen LogP) is 11.8. The molecule has 0 saturated carbocycles. The van der Waals surface area contributed by atoms with Crippen molar-refractivity contribution in [1.82, 2.24) is 0 Å². The van der Waals surface area contributed by atoms with E-state index in [0.717, 1.165) is 58.2 Å². The van der Waals surface area contributed by atoms with Gasteiger partial charge in [-0.1, -0.05) is 108 Å². The van der Waals surface area contributed by atoms with Crippen molar-refractivity contribution in [3.63, 3.8) is 0 Å². The van der Waals surface area contributed by atoms with Gasteiger partial charge in [0.2, 0.25) is 0 Å². The maximum atomic E-state index is 13.1. The second kappa shape index (κ2) is 21.3. The number of benzene rings is 2. The molecule has 0 aromatic heterocycles. The molecule has 0 atom stereocenters. The van der Waals surface area contributed by atoms with Crippen LogP contribution in [0.2, 0.25) is 0 Å². The van der Waals surface area contributed by atoms with Gasteiger partial charge in [-0.05, 0) is 87.3 Å². The van der Waals surface area contributed by atoms with Gasteiger partial charge < -0.3 is 0 Å². The number of hydrogen-bond acceptors (Lipinski definition) is 2. The lowest BCUT2D eigenvalue weighted by Gasteiger charge is -2.09. The molecule has 0 radical (unpaired) electrons. The Kier molecular flexibility index (Phi) is 19.5. The number of allylic oxidation sites excluding steroid dienone is 6. The molecule has 2 nitrogen and oxygen atoms in total. The molecule has 0 heterocycles. The van der Waals surface area contributed by atoms with Crippen molar-refractivity contribution in [3.05, 3.63) is 123 Å². The monoisotopic (exact) mass is 568 g/mol. The zero-order valence-electron chi connectivity index (χ0n) is 28.3. The van der Waals surface area contributed by atoms with E-state index in [2.05, 4.69) is 65.7 Å². The first-order chi connectivity index (χ1) is 20.1. The molecule has 0 saturated heterocycles. The number of Topliss-reactive ketones (excluding diaryl/α,β-unsaturated/α-hetero) is 2. The van der Waals surface area contributed by atoms with Crippen molar-refractivity contribution >= 4 is 11.6 Å². The first-order valence-corrected chi connectivity index (χ1v) is 15.8. The molecule has 1 aliphatic rings. The van der Waals surface area contributed by atoms with E-state index >= 15 is 0 Å². The van der Waals surface area contributed by atoms with Crippen LogP contribution in [0.15, 0.2) is 89.7 Å². The van der Waals surface area contributed by atoms with E-state index in [4.69, 9.17) is 0 Å². The van der Waals surface area contributed by atoms with Gasteiger partial charge in [-0.3, -0.25) is 9.59 Å². The van der Waals surface area contributed by atoms with Crippen molar-refractivity contribution in [1.29, 1.82) is 0 Å². The Hall–Kier alpha value is -3.48. The molecule has 0 N–H and O–H groups in total. The van der Waals surface area contributed by atoms with Gasteiger partial charge in [0.15, 0.2) is 11.6 Å². The summed E-state index contributed by atoms with van der Waals surface area (Å²) in [5.74, 6) is 0.329. The van der Waals surface area contributed by atoms with Crippen LogP contribution in [0, 0.1) is 20.8 Å². The molecule has 0 amide bonds. The van der Waals surface area contributed by atoms with Gasteiger partial charge in [0.25, 0.3) is 0 Å². The average Bonchev–Trinajstić information content (AvgIpc) is 3.36. The highest BCUT2D eigenvalue weighted by atomic mass is 16.1.